The van der Waals surface area contributed by atoms with Gasteiger partial charge in [-0.15, -0.1) is 0 Å². The average molecular weight is 230 g/mol. The minimum atomic E-state index is 0. The van der Waals surface area contributed by atoms with Crippen LogP contribution in [0.2, 0.25) is 0 Å². The first-order valence-corrected chi connectivity index (χ1v) is 5.79. The zero-order valence-electron chi connectivity index (χ0n) is 12.2. The molecule has 86 valence electrons. The molecular formula is C14H23NaO. The Bertz CT molecular complexity index is 315. The summed E-state index contributed by atoms with van der Waals surface area (Å²) in [5, 5.41) is 9.68. The normalized spacial score (nSPS) is 14.3. The second-order valence-corrected chi connectivity index (χ2v) is 4.91. The molecule has 0 radical (unpaired) electrons. The zero-order valence-corrected chi connectivity index (χ0v) is 13.2. The van der Waals surface area contributed by atoms with Crippen molar-refractivity contribution in [2.24, 2.45) is 17.8 Å². The molecule has 1 aromatic rings. The summed E-state index contributed by atoms with van der Waals surface area (Å²) in [5.41, 5.74) is 1.07. The number of phenolic OH excluding ortho intramolecular Hbond substituents is 1. The van der Waals surface area contributed by atoms with E-state index >= 15 is 0 Å². The van der Waals surface area contributed by atoms with Crippen LogP contribution in [0.5, 0.6) is 5.75 Å². The third-order valence-electron chi connectivity index (χ3n) is 3.48. The Kier molecular flexibility index (Phi) is 7.38. The molecule has 0 heterocycles. The minimum absolute atomic E-state index is 0. The minimum Gasteiger partial charge on any atom is -1.00 e. The topological polar surface area (TPSA) is 20.2 Å². The van der Waals surface area contributed by atoms with Crippen LogP contribution < -0.4 is 29.6 Å². The van der Waals surface area contributed by atoms with Crippen molar-refractivity contribution in [1.29, 1.82) is 0 Å². The van der Waals surface area contributed by atoms with Crippen molar-refractivity contribution in [3.63, 3.8) is 0 Å². The molecule has 1 nitrogen and oxygen atoms in total. The van der Waals surface area contributed by atoms with Gasteiger partial charge in [0, 0.05) is 0 Å². The van der Waals surface area contributed by atoms with Crippen LogP contribution >= 0.6 is 0 Å². The van der Waals surface area contributed by atoms with E-state index in [1.165, 1.54) is 0 Å². The fourth-order valence-electron chi connectivity index (χ4n) is 1.87. The van der Waals surface area contributed by atoms with Crippen LogP contribution in [-0.4, -0.2) is 5.11 Å². The molecule has 0 amide bonds. The molecule has 1 N–H and O–H groups in total. The van der Waals surface area contributed by atoms with Crippen LogP contribution in [0, 0.1) is 17.8 Å². The van der Waals surface area contributed by atoms with Crippen molar-refractivity contribution in [2.75, 3.05) is 0 Å². The first-order chi connectivity index (χ1) is 7.02. The van der Waals surface area contributed by atoms with Crippen LogP contribution in [0.1, 0.15) is 34.7 Å². The summed E-state index contributed by atoms with van der Waals surface area (Å²) < 4.78 is 0. The molecule has 0 aromatic heterocycles. The molecule has 0 fully saturated rings. The van der Waals surface area contributed by atoms with Gasteiger partial charge in [-0.25, -0.2) is 0 Å². The van der Waals surface area contributed by atoms with Gasteiger partial charge in [0.1, 0.15) is 5.75 Å². The summed E-state index contributed by atoms with van der Waals surface area (Å²) in [6, 6.07) is 7.64. The first kappa shape index (κ1) is 16.0. The second kappa shape index (κ2) is 7.37. The van der Waals surface area contributed by atoms with E-state index in [2.05, 4.69) is 27.7 Å². The molecular weight excluding hydrogens is 207 g/mol. The van der Waals surface area contributed by atoms with Gasteiger partial charge in [0.25, 0.3) is 0 Å². The van der Waals surface area contributed by atoms with Gasteiger partial charge in [0.2, 0.25) is 0 Å². The first-order valence-electron chi connectivity index (χ1n) is 5.79. The van der Waals surface area contributed by atoms with Crippen LogP contribution in [0.15, 0.2) is 24.3 Å². The summed E-state index contributed by atoms with van der Waals surface area (Å²) in [4.78, 5) is 0. The van der Waals surface area contributed by atoms with Gasteiger partial charge in [-0.1, -0.05) is 45.9 Å². The third-order valence-corrected chi connectivity index (χ3v) is 3.48. The Morgan fingerprint density at radius 3 is 2.19 bits per heavy atom. The summed E-state index contributed by atoms with van der Waals surface area (Å²) >= 11 is 0. The largest absolute Gasteiger partial charge is 1.00 e. The Hall–Kier alpha value is 0.0200. The number of aromatic hydroxyl groups is 1. The van der Waals surface area contributed by atoms with Crippen molar-refractivity contribution in [3.8, 4) is 5.75 Å². The maximum atomic E-state index is 9.68. The van der Waals surface area contributed by atoms with Gasteiger partial charge in [0.05, 0.1) is 0 Å². The fraction of sp³-hybridized carbons (Fsp3) is 0.571. The SMILES string of the molecule is CC(C)C(C)C(C)Cc1ccccc1O.[H-].[Na+]. The van der Waals surface area contributed by atoms with E-state index in [1.807, 2.05) is 18.2 Å². The van der Waals surface area contributed by atoms with E-state index in [-0.39, 0.29) is 31.0 Å². The van der Waals surface area contributed by atoms with Gasteiger partial charge < -0.3 is 6.53 Å². The quantitative estimate of drug-likeness (QED) is 0.765. The molecule has 0 saturated carbocycles. The molecule has 0 bridgehead atoms. The molecule has 0 aliphatic rings. The molecule has 0 aliphatic carbocycles. The Morgan fingerprint density at radius 1 is 1.12 bits per heavy atom. The molecule has 16 heavy (non-hydrogen) atoms. The van der Waals surface area contributed by atoms with Crippen LogP contribution in [0.3, 0.4) is 0 Å². The van der Waals surface area contributed by atoms with E-state index in [1.54, 1.807) is 6.07 Å². The molecule has 0 aliphatic heterocycles. The zero-order chi connectivity index (χ0) is 11.4. The summed E-state index contributed by atoms with van der Waals surface area (Å²) in [6.07, 6.45) is 0.964. The van der Waals surface area contributed by atoms with E-state index in [0.717, 1.165) is 12.0 Å². The Labute approximate surface area is 123 Å². The third kappa shape index (κ3) is 4.48. The molecule has 2 atom stereocenters. The number of rotatable bonds is 4. The van der Waals surface area contributed by atoms with Crippen molar-refractivity contribution < 1.29 is 36.1 Å². The smallest absolute Gasteiger partial charge is 1.00 e. The van der Waals surface area contributed by atoms with Crippen LogP contribution in [0.4, 0.5) is 0 Å². The molecule has 0 spiro atoms. The van der Waals surface area contributed by atoms with Gasteiger partial charge in [-0.3, -0.25) is 0 Å². The number of phenols is 1. The van der Waals surface area contributed by atoms with E-state index in [9.17, 15) is 5.11 Å². The number of benzene rings is 1. The molecule has 0 saturated heterocycles. The summed E-state index contributed by atoms with van der Waals surface area (Å²) in [7, 11) is 0. The maximum Gasteiger partial charge on any atom is 1.00 e. The summed E-state index contributed by atoms with van der Waals surface area (Å²) in [5.74, 6) is 2.43. The van der Waals surface area contributed by atoms with Crippen LogP contribution in [0.25, 0.3) is 0 Å². The van der Waals surface area contributed by atoms with E-state index < -0.39 is 0 Å². The fourth-order valence-corrected chi connectivity index (χ4v) is 1.87. The monoisotopic (exact) mass is 230 g/mol. The van der Waals surface area contributed by atoms with Gasteiger partial charge >= 0.3 is 29.6 Å². The van der Waals surface area contributed by atoms with Gasteiger partial charge in [-0.05, 0) is 35.8 Å². The Balaban J connectivity index is 0. The number of hydrogen-bond donors (Lipinski definition) is 1. The standard InChI is InChI=1S/C14H22O.Na.H/c1-10(2)12(4)11(3)9-13-7-5-6-8-14(13)15;;/h5-8,10-12,15H,9H2,1-4H3;;/q;+1;-1. The van der Waals surface area contributed by atoms with Crippen LogP contribution in [-0.2, 0) is 6.42 Å². The van der Waals surface area contributed by atoms with Crippen molar-refractivity contribution in [2.45, 2.75) is 34.1 Å². The predicted molar refractivity (Wildman–Crippen MR) is 66.1 cm³/mol. The molecule has 1 rings (SSSR count). The van der Waals surface area contributed by atoms with Crippen molar-refractivity contribution >= 4 is 0 Å². The second-order valence-electron chi connectivity index (χ2n) is 4.91. The summed E-state index contributed by atoms with van der Waals surface area (Å²) in [6.45, 7) is 9.06. The average Bonchev–Trinajstić information content (AvgIpc) is 2.20. The molecule has 2 heteroatoms. The van der Waals surface area contributed by atoms with Crippen molar-refractivity contribution in [1.82, 2.24) is 0 Å². The Morgan fingerprint density at radius 2 is 1.69 bits per heavy atom. The molecule has 1 aromatic carbocycles. The number of para-hydroxylation sites is 1. The maximum absolute atomic E-state index is 9.68. The van der Waals surface area contributed by atoms with E-state index in [0.29, 0.717) is 23.5 Å². The van der Waals surface area contributed by atoms with Gasteiger partial charge in [-0.2, -0.15) is 0 Å². The van der Waals surface area contributed by atoms with Gasteiger partial charge in [0.15, 0.2) is 0 Å². The molecule has 2 unspecified atom stereocenters. The predicted octanol–water partition coefficient (Wildman–Crippen LogP) is 0.979. The van der Waals surface area contributed by atoms with E-state index in [4.69, 9.17) is 0 Å². The van der Waals surface area contributed by atoms with Crippen molar-refractivity contribution in [3.05, 3.63) is 29.8 Å². The number of hydrogen-bond acceptors (Lipinski definition) is 1.